The first-order valence-electron chi connectivity index (χ1n) is 5.22. The Morgan fingerprint density at radius 1 is 1.47 bits per heavy atom. The Bertz CT molecular complexity index is 239. The molecule has 0 aromatic heterocycles. The third-order valence-electron chi connectivity index (χ3n) is 2.48. The SMILES string of the molecule is C#CCNC(=O)COC1CCC(O)CC1. The molecule has 0 aliphatic heterocycles. The number of terminal acetylenes is 1. The molecular weight excluding hydrogens is 194 g/mol. The number of carbonyl (C=O) groups excluding carboxylic acids is 1. The summed E-state index contributed by atoms with van der Waals surface area (Å²) < 4.78 is 5.40. The van der Waals surface area contributed by atoms with Gasteiger partial charge in [0.25, 0.3) is 0 Å². The Labute approximate surface area is 90.0 Å². The second kappa shape index (κ2) is 6.44. The van der Waals surface area contributed by atoms with Crippen LogP contribution in [0.4, 0.5) is 0 Å². The summed E-state index contributed by atoms with van der Waals surface area (Å²) in [6.45, 7) is 0.300. The molecule has 1 rings (SSSR count). The molecular formula is C11H17NO3. The van der Waals surface area contributed by atoms with Crippen LogP contribution >= 0.6 is 0 Å². The van der Waals surface area contributed by atoms with E-state index in [9.17, 15) is 9.90 Å². The highest BCUT2D eigenvalue weighted by atomic mass is 16.5. The number of aliphatic hydroxyl groups is 1. The molecule has 1 saturated carbocycles. The van der Waals surface area contributed by atoms with Crippen LogP contribution < -0.4 is 5.32 Å². The molecule has 0 spiro atoms. The van der Waals surface area contributed by atoms with Gasteiger partial charge < -0.3 is 15.2 Å². The maximum atomic E-state index is 11.1. The smallest absolute Gasteiger partial charge is 0.246 e. The third-order valence-corrected chi connectivity index (χ3v) is 2.48. The summed E-state index contributed by atoms with van der Waals surface area (Å²) >= 11 is 0. The van der Waals surface area contributed by atoms with Gasteiger partial charge in [-0.15, -0.1) is 6.42 Å². The van der Waals surface area contributed by atoms with E-state index in [1.807, 2.05) is 0 Å². The van der Waals surface area contributed by atoms with E-state index in [0.29, 0.717) is 0 Å². The molecule has 4 heteroatoms. The molecule has 0 unspecified atom stereocenters. The first kappa shape index (κ1) is 12.0. The lowest BCUT2D eigenvalue weighted by Gasteiger charge is -2.25. The first-order chi connectivity index (χ1) is 7.22. The van der Waals surface area contributed by atoms with Crippen LogP contribution in [-0.2, 0) is 9.53 Å². The number of carbonyl (C=O) groups is 1. The van der Waals surface area contributed by atoms with Crippen LogP contribution in [0.5, 0.6) is 0 Å². The van der Waals surface area contributed by atoms with E-state index in [0.717, 1.165) is 25.7 Å². The zero-order valence-corrected chi connectivity index (χ0v) is 8.74. The van der Waals surface area contributed by atoms with E-state index >= 15 is 0 Å². The molecule has 1 aliphatic carbocycles. The highest BCUT2D eigenvalue weighted by molar-refractivity contribution is 5.77. The Hall–Kier alpha value is -1.05. The molecule has 0 aromatic rings. The number of amides is 1. The van der Waals surface area contributed by atoms with Crippen molar-refractivity contribution in [3.8, 4) is 12.3 Å². The van der Waals surface area contributed by atoms with Crippen molar-refractivity contribution in [2.45, 2.75) is 37.9 Å². The number of nitrogens with one attached hydrogen (secondary N) is 1. The van der Waals surface area contributed by atoms with Crippen molar-refractivity contribution in [2.75, 3.05) is 13.2 Å². The summed E-state index contributed by atoms with van der Waals surface area (Å²) in [5.74, 6) is 2.14. The molecule has 0 atom stereocenters. The van der Waals surface area contributed by atoms with Crippen molar-refractivity contribution < 1.29 is 14.6 Å². The lowest BCUT2D eigenvalue weighted by Crippen LogP contribution is -2.32. The average Bonchev–Trinajstić information content (AvgIpc) is 2.25. The van der Waals surface area contributed by atoms with Gasteiger partial charge in [-0.05, 0) is 25.7 Å². The molecule has 1 fully saturated rings. The van der Waals surface area contributed by atoms with E-state index in [1.54, 1.807) is 0 Å². The van der Waals surface area contributed by atoms with Gasteiger partial charge in [-0.25, -0.2) is 0 Å². The molecule has 2 N–H and O–H groups in total. The summed E-state index contributed by atoms with van der Waals surface area (Å²) in [5, 5.41) is 11.8. The zero-order valence-electron chi connectivity index (χ0n) is 8.74. The van der Waals surface area contributed by atoms with Crippen molar-refractivity contribution in [2.24, 2.45) is 0 Å². The van der Waals surface area contributed by atoms with E-state index < -0.39 is 0 Å². The summed E-state index contributed by atoms with van der Waals surface area (Å²) in [6, 6.07) is 0. The van der Waals surface area contributed by atoms with E-state index in [2.05, 4.69) is 11.2 Å². The fraction of sp³-hybridized carbons (Fsp3) is 0.727. The van der Waals surface area contributed by atoms with Crippen LogP contribution in [0, 0.1) is 12.3 Å². The van der Waals surface area contributed by atoms with Crippen molar-refractivity contribution in [1.82, 2.24) is 5.32 Å². The normalized spacial score (nSPS) is 25.6. The summed E-state index contributed by atoms with van der Waals surface area (Å²) in [7, 11) is 0. The molecule has 0 saturated heterocycles. The van der Waals surface area contributed by atoms with Crippen LogP contribution in [-0.4, -0.2) is 36.4 Å². The predicted octanol–water partition coefficient (Wildman–Crippen LogP) is 0.0559. The van der Waals surface area contributed by atoms with E-state index in [4.69, 9.17) is 11.2 Å². The minimum atomic E-state index is -0.194. The van der Waals surface area contributed by atoms with Crippen LogP contribution in [0.1, 0.15) is 25.7 Å². The van der Waals surface area contributed by atoms with E-state index in [1.165, 1.54) is 0 Å². The van der Waals surface area contributed by atoms with E-state index in [-0.39, 0.29) is 31.3 Å². The van der Waals surface area contributed by atoms with Crippen molar-refractivity contribution in [1.29, 1.82) is 0 Å². The lowest BCUT2D eigenvalue weighted by molar-refractivity contribution is -0.128. The van der Waals surface area contributed by atoms with Crippen LogP contribution in [0.15, 0.2) is 0 Å². The molecule has 4 nitrogen and oxygen atoms in total. The quantitative estimate of drug-likeness (QED) is 0.646. The van der Waals surface area contributed by atoms with Gasteiger partial charge in [0, 0.05) is 0 Å². The Morgan fingerprint density at radius 2 is 2.13 bits per heavy atom. The average molecular weight is 211 g/mol. The highest BCUT2D eigenvalue weighted by Gasteiger charge is 2.20. The Morgan fingerprint density at radius 3 is 2.73 bits per heavy atom. The molecule has 0 aromatic carbocycles. The largest absolute Gasteiger partial charge is 0.393 e. The number of hydrogen-bond acceptors (Lipinski definition) is 3. The van der Waals surface area contributed by atoms with Gasteiger partial charge in [-0.3, -0.25) is 4.79 Å². The zero-order chi connectivity index (χ0) is 11.1. The third kappa shape index (κ3) is 4.82. The standard InChI is InChI=1S/C11H17NO3/c1-2-7-12-11(14)8-15-10-5-3-9(13)4-6-10/h1,9-10,13H,3-8H2,(H,12,14). The minimum Gasteiger partial charge on any atom is -0.393 e. The summed E-state index contributed by atoms with van der Waals surface area (Å²) in [4.78, 5) is 11.1. The fourth-order valence-electron chi connectivity index (χ4n) is 1.61. The molecule has 0 radical (unpaired) electrons. The molecule has 1 amide bonds. The van der Waals surface area contributed by atoms with Crippen molar-refractivity contribution >= 4 is 5.91 Å². The summed E-state index contributed by atoms with van der Waals surface area (Å²) in [5.41, 5.74) is 0. The Balaban J connectivity index is 2.09. The van der Waals surface area contributed by atoms with Crippen LogP contribution in [0.3, 0.4) is 0 Å². The van der Waals surface area contributed by atoms with Gasteiger partial charge in [-0.1, -0.05) is 5.92 Å². The maximum absolute atomic E-state index is 11.1. The Kier molecular flexibility index (Phi) is 5.16. The monoisotopic (exact) mass is 211 g/mol. The number of aliphatic hydroxyl groups excluding tert-OH is 1. The fourth-order valence-corrected chi connectivity index (χ4v) is 1.61. The van der Waals surface area contributed by atoms with Gasteiger partial charge in [0.15, 0.2) is 0 Å². The number of rotatable bonds is 4. The van der Waals surface area contributed by atoms with Gasteiger partial charge in [0.05, 0.1) is 18.8 Å². The van der Waals surface area contributed by atoms with Gasteiger partial charge in [0.2, 0.25) is 5.91 Å². The topological polar surface area (TPSA) is 58.6 Å². The molecule has 15 heavy (non-hydrogen) atoms. The van der Waals surface area contributed by atoms with Crippen LogP contribution in [0.25, 0.3) is 0 Å². The first-order valence-corrected chi connectivity index (χ1v) is 5.22. The number of hydrogen-bond donors (Lipinski definition) is 2. The molecule has 1 aliphatic rings. The highest BCUT2D eigenvalue weighted by Crippen LogP contribution is 2.20. The molecule has 0 bridgehead atoms. The summed E-state index contributed by atoms with van der Waals surface area (Å²) in [6.07, 6.45) is 8.07. The predicted molar refractivity (Wildman–Crippen MR) is 56.1 cm³/mol. The second-order valence-electron chi connectivity index (χ2n) is 3.72. The van der Waals surface area contributed by atoms with Gasteiger partial charge in [-0.2, -0.15) is 0 Å². The van der Waals surface area contributed by atoms with Crippen LogP contribution in [0.2, 0.25) is 0 Å². The second-order valence-corrected chi connectivity index (χ2v) is 3.72. The molecule has 84 valence electrons. The molecule has 0 heterocycles. The number of ether oxygens (including phenoxy) is 1. The minimum absolute atomic E-state index is 0.0580. The maximum Gasteiger partial charge on any atom is 0.246 e. The van der Waals surface area contributed by atoms with Crippen molar-refractivity contribution in [3.63, 3.8) is 0 Å². The lowest BCUT2D eigenvalue weighted by atomic mass is 9.95. The van der Waals surface area contributed by atoms with Crippen molar-refractivity contribution in [3.05, 3.63) is 0 Å². The van der Waals surface area contributed by atoms with Gasteiger partial charge in [0.1, 0.15) is 6.61 Å². The van der Waals surface area contributed by atoms with Gasteiger partial charge >= 0.3 is 0 Å².